The van der Waals surface area contributed by atoms with Gasteiger partial charge in [-0.05, 0) is 6.92 Å². The van der Waals surface area contributed by atoms with E-state index in [-0.39, 0.29) is 12.3 Å². The molecule has 1 fully saturated rings. The Labute approximate surface area is 63.9 Å². The lowest BCUT2D eigenvalue weighted by Crippen LogP contribution is -1.60. The summed E-state index contributed by atoms with van der Waals surface area (Å²) < 4.78 is 4.71. The van der Waals surface area contributed by atoms with Crippen LogP contribution in [0.25, 0.3) is 0 Å². The van der Waals surface area contributed by atoms with Crippen LogP contribution in [0.15, 0.2) is 26.3 Å². The Morgan fingerprint density at radius 2 is 1.20 bits per heavy atom. The molecule has 0 aromatic rings. The van der Waals surface area contributed by atoms with Gasteiger partial charge in [0.2, 0.25) is 0 Å². The normalized spacial score (nSPS) is 16.7. The van der Waals surface area contributed by atoms with E-state index >= 15 is 0 Å². The van der Waals surface area contributed by atoms with Gasteiger partial charge in [0.05, 0.1) is 12.7 Å². The molecule has 64 valence electrons. The average molecular weight is 148 g/mol. The highest BCUT2D eigenvalue weighted by atomic mass is 16.6. The highest BCUT2D eigenvalue weighted by Gasteiger charge is 2.13. The van der Waals surface area contributed by atoms with E-state index in [2.05, 4.69) is 33.2 Å². The summed E-state index contributed by atoms with van der Waals surface area (Å²) >= 11 is 0. The van der Waals surface area contributed by atoms with Crippen LogP contribution in [0.2, 0.25) is 0 Å². The van der Waals surface area contributed by atoms with Crippen LogP contribution >= 0.6 is 0 Å². The molecule has 10 heavy (non-hydrogen) atoms. The fourth-order valence-electron chi connectivity index (χ4n) is 0.0962. The lowest BCUT2D eigenvalue weighted by Gasteiger charge is -1.50. The minimum atomic E-state index is 0. The van der Waals surface area contributed by atoms with E-state index in [1.807, 2.05) is 0 Å². The minimum Gasteiger partial charge on any atom is -0.373 e. The van der Waals surface area contributed by atoms with Crippen LogP contribution in [0.1, 0.15) is 6.92 Å². The number of ether oxygens (including phenoxy) is 1. The Balaban J connectivity index is -0.0000000275. The van der Waals surface area contributed by atoms with Gasteiger partial charge in [0.15, 0.2) is 0 Å². The lowest BCUT2D eigenvalue weighted by atomic mass is 10.6. The summed E-state index contributed by atoms with van der Waals surface area (Å²) in [5.74, 6) is 0. The molecule has 1 atom stereocenters. The molecule has 1 rings (SSSR count). The van der Waals surface area contributed by atoms with Crippen molar-refractivity contribution in [2.24, 2.45) is 0 Å². The van der Waals surface area contributed by atoms with Crippen LogP contribution in [0.4, 0.5) is 0 Å². The van der Waals surface area contributed by atoms with E-state index in [1.54, 1.807) is 0 Å². The van der Waals surface area contributed by atoms with Gasteiger partial charge in [-0.15, -0.1) is 26.3 Å². The molecule has 0 saturated carbocycles. The Kier molecular flexibility index (Phi) is 54.2. The average Bonchev–Trinajstić information content (AvgIpc) is 2.62. The third-order valence-corrected chi connectivity index (χ3v) is 0.500. The standard InChI is InChI=1S/C3H6O.2C2H4.2H3N/c1-3-2-4-3;2*1-2;;/h3H,2H2,1H3;2*1-2H2;2*1H3. The molecule has 0 radical (unpaired) electrons. The molecule has 1 saturated heterocycles. The zero-order valence-electron chi connectivity index (χ0n) is 6.94. The maximum Gasteiger partial charge on any atom is 0.0781 e. The molecule has 6 N–H and O–H groups in total. The van der Waals surface area contributed by atoms with Gasteiger partial charge in [-0.1, -0.05) is 0 Å². The first kappa shape index (κ1) is 22.8. The van der Waals surface area contributed by atoms with Gasteiger partial charge >= 0.3 is 0 Å². The fourth-order valence-corrected chi connectivity index (χ4v) is 0.0962. The predicted octanol–water partition coefficient (Wildman–Crippen LogP) is 2.33. The number of hydrogen-bond donors (Lipinski definition) is 2. The Bertz CT molecular complexity index is 44.9. The van der Waals surface area contributed by atoms with E-state index in [4.69, 9.17) is 4.74 Å². The van der Waals surface area contributed by atoms with Crippen LogP contribution in [0, 0.1) is 0 Å². The van der Waals surface area contributed by atoms with E-state index in [9.17, 15) is 0 Å². The summed E-state index contributed by atoms with van der Waals surface area (Å²) in [6, 6.07) is 0. The molecule has 0 aromatic carbocycles. The van der Waals surface area contributed by atoms with Crippen molar-refractivity contribution in [1.29, 1.82) is 0 Å². The second kappa shape index (κ2) is 23.8. The number of hydrogen-bond acceptors (Lipinski definition) is 3. The van der Waals surface area contributed by atoms with Crippen molar-refractivity contribution in [2.75, 3.05) is 6.61 Å². The third-order valence-electron chi connectivity index (χ3n) is 0.500. The molecule has 1 unspecified atom stereocenters. The summed E-state index contributed by atoms with van der Waals surface area (Å²) in [5, 5.41) is 0. The molecular weight excluding hydrogens is 128 g/mol. The SMILES string of the molecule is C=C.C=C.CC1CO1.N.N. The zero-order valence-corrected chi connectivity index (χ0v) is 6.94. The van der Waals surface area contributed by atoms with Crippen molar-refractivity contribution in [3.63, 3.8) is 0 Å². The van der Waals surface area contributed by atoms with Crippen molar-refractivity contribution in [2.45, 2.75) is 13.0 Å². The van der Waals surface area contributed by atoms with Gasteiger partial charge in [0.25, 0.3) is 0 Å². The van der Waals surface area contributed by atoms with Gasteiger partial charge in [0.1, 0.15) is 0 Å². The van der Waals surface area contributed by atoms with E-state index in [0.717, 1.165) is 6.61 Å². The van der Waals surface area contributed by atoms with Crippen molar-refractivity contribution in [3.05, 3.63) is 26.3 Å². The first-order valence-electron chi connectivity index (χ1n) is 2.51. The second-order valence-corrected chi connectivity index (χ2v) is 1.14. The molecular formula is C7H20N2O. The quantitative estimate of drug-likeness (QED) is 0.408. The molecule has 0 bridgehead atoms. The third kappa shape index (κ3) is 53.5. The van der Waals surface area contributed by atoms with Gasteiger partial charge in [0, 0.05) is 0 Å². The summed E-state index contributed by atoms with van der Waals surface area (Å²) in [5.41, 5.74) is 0. The molecule has 3 heteroatoms. The van der Waals surface area contributed by atoms with E-state index in [1.165, 1.54) is 0 Å². The lowest BCUT2D eigenvalue weighted by molar-refractivity contribution is 0.423. The first-order chi connectivity index (χ1) is 3.89. The molecule has 1 aliphatic heterocycles. The smallest absolute Gasteiger partial charge is 0.0781 e. The maximum absolute atomic E-state index is 4.71. The largest absolute Gasteiger partial charge is 0.373 e. The topological polar surface area (TPSA) is 82.5 Å². The highest BCUT2D eigenvalue weighted by Crippen LogP contribution is 2.04. The molecule has 0 aliphatic carbocycles. The van der Waals surface area contributed by atoms with Gasteiger partial charge in [-0.25, -0.2) is 0 Å². The summed E-state index contributed by atoms with van der Waals surface area (Å²) in [6.07, 6.45) is 0.583. The van der Waals surface area contributed by atoms with Crippen molar-refractivity contribution in [3.8, 4) is 0 Å². The molecule has 0 spiro atoms. The monoisotopic (exact) mass is 148 g/mol. The van der Waals surface area contributed by atoms with Crippen molar-refractivity contribution in [1.82, 2.24) is 12.3 Å². The van der Waals surface area contributed by atoms with Crippen LogP contribution in [0.3, 0.4) is 0 Å². The fraction of sp³-hybridized carbons (Fsp3) is 0.429. The van der Waals surface area contributed by atoms with Gasteiger partial charge in [-0.2, -0.15) is 0 Å². The first-order valence-corrected chi connectivity index (χ1v) is 2.51. The van der Waals surface area contributed by atoms with Crippen LogP contribution in [-0.4, -0.2) is 12.7 Å². The Morgan fingerprint density at radius 1 is 1.10 bits per heavy atom. The Hall–Kier alpha value is -0.640. The van der Waals surface area contributed by atoms with Gasteiger partial charge in [-0.3, -0.25) is 0 Å². The van der Waals surface area contributed by atoms with Crippen LogP contribution in [-0.2, 0) is 4.74 Å². The highest BCUT2D eigenvalue weighted by molar-refractivity contribution is 4.58. The summed E-state index contributed by atoms with van der Waals surface area (Å²) in [4.78, 5) is 0. The molecule has 1 aliphatic rings. The van der Waals surface area contributed by atoms with Crippen LogP contribution < -0.4 is 12.3 Å². The summed E-state index contributed by atoms with van der Waals surface area (Å²) in [7, 11) is 0. The molecule has 0 amide bonds. The van der Waals surface area contributed by atoms with E-state index in [0.29, 0.717) is 6.10 Å². The van der Waals surface area contributed by atoms with Gasteiger partial charge < -0.3 is 17.0 Å². The Morgan fingerprint density at radius 3 is 1.20 bits per heavy atom. The second-order valence-electron chi connectivity index (χ2n) is 1.14. The van der Waals surface area contributed by atoms with Crippen molar-refractivity contribution < 1.29 is 4.74 Å². The predicted molar refractivity (Wildman–Crippen MR) is 48.0 cm³/mol. The van der Waals surface area contributed by atoms with E-state index < -0.39 is 0 Å². The number of rotatable bonds is 0. The maximum atomic E-state index is 4.71. The zero-order chi connectivity index (χ0) is 6.99. The molecule has 3 nitrogen and oxygen atoms in total. The number of epoxide rings is 1. The van der Waals surface area contributed by atoms with Crippen molar-refractivity contribution >= 4 is 0 Å². The van der Waals surface area contributed by atoms with Crippen LogP contribution in [0.5, 0.6) is 0 Å². The minimum absolute atomic E-state index is 0. The molecule has 1 heterocycles. The summed E-state index contributed by atoms with van der Waals surface area (Å²) in [6.45, 7) is 15.0. The molecule has 0 aromatic heterocycles.